The number of aryl methyl sites for hydroxylation is 1. The van der Waals surface area contributed by atoms with Crippen LogP contribution < -0.4 is 11.1 Å². The van der Waals surface area contributed by atoms with E-state index in [-0.39, 0.29) is 11.9 Å². The van der Waals surface area contributed by atoms with Crippen molar-refractivity contribution in [3.05, 3.63) is 16.9 Å². The molecule has 0 aliphatic heterocycles. The summed E-state index contributed by atoms with van der Waals surface area (Å²) in [4.78, 5) is 11.5. The van der Waals surface area contributed by atoms with Crippen molar-refractivity contribution in [3.8, 4) is 0 Å². The fraction of sp³-hybridized carbons (Fsp3) is 0.667. The van der Waals surface area contributed by atoms with Gasteiger partial charge in [-0.3, -0.25) is 9.48 Å². The van der Waals surface area contributed by atoms with Crippen LogP contribution in [0.25, 0.3) is 0 Å². The Morgan fingerprint density at radius 1 is 1.67 bits per heavy atom. The first kappa shape index (κ1) is 15.2. The Kier molecular flexibility index (Phi) is 5.34. The van der Waals surface area contributed by atoms with Gasteiger partial charge < -0.3 is 11.1 Å². The Bertz CT molecular complexity index is 405. The molecule has 0 spiro atoms. The Morgan fingerprint density at radius 2 is 2.33 bits per heavy atom. The molecule has 1 heterocycles. The predicted molar refractivity (Wildman–Crippen MR) is 75.0 cm³/mol. The molecule has 0 aliphatic carbocycles. The zero-order valence-corrected chi connectivity index (χ0v) is 12.7. The van der Waals surface area contributed by atoms with Crippen LogP contribution in [-0.4, -0.2) is 27.3 Å². The summed E-state index contributed by atoms with van der Waals surface area (Å²) >= 11 is 3.35. The SMILES string of the molecule is CC(C)NC(C)(CCCn1cc(Br)cn1)C(N)=O. The van der Waals surface area contributed by atoms with Crippen LogP contribution in [0, 0.1) is 0 Å². The van der Waals surface area contributed by atoms with Crippen LogP contribution in [0.15, 0.2) is 16.9 Å². The second kappa shape index (κ2) is 6.33. The summed E-state index contributed by atoms with van der Waals surface area (Å²) in [6, 6.07) is 0.223. The normalized spacial score (nSPS) is 14.7. The Labute approximate surface area is 116 Å². The van der Waals surface area contributed by atoms with Crippen LogP contribution in [0.1, 0.15) is 33.6 Å². The van der Waals surface area contributed by atoms with Gasteiger partial charge in [-0.1, -0.05) is 0 Å². The van der Waals surface area contributed by atoms with Gasteiger partial charge >= 0.3 is 0 Å². The first-order valence-corrected chi connectivity index (χ1v) is 6.88. The molecular weight excluding hydrogens is 296 g/mol. The minimum absolute atomic E-state index is 0.223. The molecule has 1 rings (SSSR count). The van der Waals surface area contributed by atoms with Crippen LogP contribution in [-0.2, 0) is 11.3 Å². The quantitative estimate of drug-likeness (QED) is 0.803. The highest BCUT2D eigenvalue weighted by molar-refractivity contribution is 9.10. The van der Waals surface area contributed by atoms with Crippen LogP contribution in [0.3, 0.4) is 0 Å². The first-order valence-electron chi connectivity index (χ1n) is 6.09. The maximum Gasteiger partial charge on any atom is 0.237 e. The van der Waals surface area contributed by atoms with E-state index in [4.69, 9.17) is 5.73 Å². The number of nitrogens with one attached hydrogen (secondary N) is 1. The van der Waals surface area contributed by atoms with Gasteiger partial charge in [0.2, 0.25) is 5.91 Å². The molecule has 1 unspecified atom stereocenters. The van der Waals surface area contributed by atoms with E-state index < -0.39 is 5.54 Å². The molecule has 102 valence electrons. The number of hydrogen-bond acceptors (Lipinski definition) is 3. The van der Waals surface area contributed by atoms with E-state index in [2.05, 4.69) is 26.3 Å². The lowest BCUT2D eigenvalue weighted by Gasteiger charge is -2.29. The molecule has 0 saturated carbocycles. The minimum Gasteiger partial charge on any atom is -0.368 e. The fourth-order valence-corrected chi connectivity index (χ4v) is 2.29. The molecule has 18 heavy (non-hydrogen) atoms. The number of hydrogen-bond donors (Lipinski definition) is 2. The predicted octanol–water partition coefficient (Wildman–Crippen LogP) is 1.67. The zero-order chi connectivity index (χ0) is 13.8. The van der Waals surface area contributed by atoms with Crippen LogP contribution in [0.2, 0.25) is 0 Å². The highest BCUT2D eigenvalue weighted by Gasteiger charge is 2.30. The van der Waals surface area contributed by atoms with Crippen molar-refractivity contribution in [2.24, 2.45) is 5.73 Å². The monoisotopic (exact) mass is 316 g/mol. The van der Waals surface area contributed by atoms with E-state index in [0.717, 1.165) is 17.4 Å². The van der Waals surface area contributed by atoms with Crippen molar-refractivity contribution in [1.29, 1.82) is 0 Å². The largest absolute Gasteiger partial charge is 0.368 e. The summed E-state index contributed by atoms with van der Waals surface area (Å²) in [5, 5.41) is 7.41. The molecule has 0 bridgehead atoms. The topological polar surface area (TPSA) is 72.9 Å². The third-order valence-electron chi connectivity index (χ3n) is 2.82. The number of halogens is 1. The van der Waals surface area contributed by atoms with Crippen molar-refractivity contribution < 1.29 is 4.79 Å². The highest BCUT2D eigenvalue weighted by Crippen LogP contribution is 2.14. The molecule has 1 aromatic rings. The molecule has 1 atom stereocenters. The third-order valence-corrected chi connectivity index (χ3v) is 3.23. The Balaban J connectivity index is 2.50. The summed E-state index contributed by atoms with van der Waals surface area (Å²) in [6.45, 7) is 6.64. The van der Waals surface area contributed by atoms with Gasteiger partial charge in [0.1, 0.15) is 0 Å². The van der Waals surface area contributed by atoms with Gasteiger partial charge in [0, 0.05) is 18.8 Å². The van der Waals surface area contributed by atoms with Crippen LogP contribution in [0.4, 0.5) is 0 Å². The molecule has 1 aromatic heterocycles. The number of carbonyl (C=O) groups excluding carboxylic acids is 1. The average molecular weight is 317 g/mol. The van der Waals surface area contributed by atoms with Gasteiger partial charge in [0.05, 0.1) is 16.2 Å². The van der Waals surface area contributed by atoms with Gasteiger partial charge in [0.25, 0.3) is 0 Å². The molecule has 0 radical (unpaired) electrons. The van der Waals surface area contributed by atoms with Gasteiger partial charge in [-0.05, 0) is 49.5 Å². The summed E-state index contributed by atoms with van der Waals surface area (Å²) in [5.74, 6) is -0.308. The second-order valence-corrected chi connectivity index (χ2v) is 5.94. The number of aromatic nitrogens is 2. The average Bonchev–Trinajstić information content (AvgIpc) is 2.63. The number of rotatable bonds is 7. The standard InChI is InChI=1S/C12H21BrN4O/c1-9(2)16-12(3,11(14)18)5-4-6-17-8-10(13)7-15-17/h7-9,16H,4-6H2,1-3H3,(H2,14,18). The summed E-state index contributed by atoms with van der Waals surface area (Å²) in [5.41, 5.74) is 4.82. The molecule has 0 aliphatic rings. The van der Waals surface area contributed by atoms with Crippen LogP contribution in [0.5, 0.6) is 0 Å². The van der Waals surface area contributed by atoms with E-state index in [1.807, 2.05) is 31.6 Å². The van der Waals surface area contributed by atoms with Crippen molar-refractivity contribution in [2.75, 3.05) is 0 Å². The lowest BCUT2D eigenvalue weighted by atomic mass is 9.94. The van der Waals surface area contributed by atoms with Crippen molar-refractivity contribution in [2.45, 2.75) is 51.7 Å². The second-order valence-electron chi connectivity index (χ2n) is 5.02. The fourth-order valence-electron chi connectivity index (χ4n) is 1.96. The van der Waals surface area contributed by atoms with E-state index in [1.165, 1.54) is 0 Å². The number of carbonyl (C=O) groups is 1. The molecule has 1 amide bonds. The number of primary amides is 1. The number of nitrogens with two attached hydrogens (primary N) is 1. The summed E-state index contributed by atoms with van der Waals surface area (Å²) in [7, 11) is 0. The van der Waals surface area contributed by atoms with Crippen molar-refractivity contribution in [1.82, 2.24) is 15.1 Å². The molecule has 0 aromatic carbocycles. The van der Waals surface area contributed by atoms with E-state index in [1.54, 1.807) is 6.20 Å². The number of amides is 1. The lowest BCUT2D eigenvalue weighted by molar-refractivity contribution is -0.124. The van der Waals surface area contributed by atoms with Gasteiger partial charge in [0.15, 0.2) is 0 Å². The van der Waals surface area contributed by atoms with Gasteiger partial charge in [-0.15, -0.1) is 0 Å². The lowest BCUT2D eigenvalue weighted by Crippen LogP contribution is -2.55. The highest BCUT2D eigenvalue weighted by atomic mass is 79.9. The maximum absolute atomic E-state index is 11.5. The van der Waals surface area contributed by atoms with Gasteiger partial charge in [-0.25, -0.2) is 0 Å². The molecule has 0 saturated heterocycles. The van der Waals surface area contributed by atoms with Crippen molar-refractivity contribution >= 4 is 21.8 Å². The summed E-state index contributed by atoms with van der Waals surface area (Å²) < 4.78 is 2.81. The third kappa shape index (κ3) is 4.42. The zero-order valence-electron chi connectivity index (χ0n) is 11.1. The maximum atomic E-state index is 11.5. The Morgan fingerprint density at radius 3 is 2.78 bits per heavy atom. The number of nitrogens with zero attached hydrogens (tertiary/aromatic N) is 2. The summed E-state index contributed by atoms with van der Waals surface area (Å²) in [6.07, 6.45) is 5.20. The van der Waals surface area contributed by atoms with Crippen molar-refractivity contribution in [3.63, 3.8) is 0 Å². The molecular formula is C12H21BrN4O. The van der Waals surface area contributed by atoms with Gasteiger partial charge in [-0.2, -0.15) is 5.10 Å². The van der Waals surface area contributed by atoms with E-state index in [0.29, 0.717) is 6.42 Å². The minimum atomic E-state index is -0.654. The molecule has 6 heteroatoms. The Hall–Kier alpha value is -0.880. The van der Waals surface area contributed by atoms with E-state index >= 15 is 0 Å². The smallest absolute Gasteiger partial charge is 0.237 e. The molecule has 3 N–H and O–H groups in total. The molecule has 0 fully saturated rings. The first-order chi connectivity index (χ1) is 8.33. The van der Waals surface area contributed by atoms with E-state index in [9.17, 15) is 4.79 Å². The molecule has 5 nitrogen and oxygen atoms in total. The van der Waals surface area contributed by atoms with Crippen LogP contribution >= 0.6 is 15.9 Å².